The fraction of sp³-hybridized carbons (Fsp3) is 0.786. The van der Waals surface area contributed by atoms with E-state index >= 15 is 0 Å². The molecular formula is C14H24N4. The summed E-state index contributed by atoms with van der Waals surface area (Å²) in [6.07, 6.45) is 10.8. The van der Waals surface area contributed by atoms with Crippen LogP contribution in [0.25, 0.3) is 0 Å². The summed E-state index contributed by atoms with van der Waals surface area (Å²) in [5.74, 6) is 0.803. The van der Waals surface area contributed by atoms with Gasteiger partial charge in [-0.1, -0.05) is 6.42 Å². The normalized spacial score (nSPS) is 31.9. The molecule has 0 spiro atoms. The van der Waals surface area contributed by atoms with Crippen molar-refractivity contribution in [1.29, 1.82) is 0 Å². The van der Waals surface area contributed by atoms with E-state index in [4.69, 9.17) is 0 Å². The van der Waals surface area contributed by atoms with Gasteiger partial charge in [0.2, 0.25) is 0 Å². The van der Waals surface area contributed by atoms with E-state index in [2.05, 4.69) is 28.9 Å². The molecule has 4 heteroatoms. The monoisotopic (exact) mass is 248 g/mol. The maximum Gasteiger partial charge on any atom is 0.0728 e. The lowest BCUT2D eigenvalue weighted by atomic mass is 9.93. The van der Waals surface area contributed by atoms with Gasteiger partial charge in [-0.3, -0.25) is 4.68 Å². The maximum absolute atomic E-state index is 4.34. The lowest BCUT2D eigenvalue weighted by Crippen LogP contribution is -2.38. The Morgan fingerprint density at radius 1 is 1.39 bits per heavy atom. The Bertz CT molecular complexity index is 381. The fourth-order valence-corrected chi connectivity index (χ4v) is 3.55. The van der Waals surface area contributed by atoms with Gasteiger partial charge in [-0.2, -0.15) is 5.10 Å². The van der Waals surface area contributed by atoms with Gasteiger partial charge in [0.25, 0.3) is 0 Å². The molecule has 18 heavy (non-hydrogen) atoms. The minimum absolute atomic E-state index is 0.634. The van der Waals surface area contributed by atoms with Crippen molar-refractivity contribution < 1.29 is 0 Å². The molecule has 3 atom stereocenters. The lowest BCUT2D eigenvalue weighted by molar-refractivity contribution is 0.376. The van der Waals surface area contributed by atoms with Crippen molar-refractivity contribution >= 4 is 5.69 Å². The molecule has 1 aromatic rings. The van der Waals surface area contributed by atoms with Gasteiger partial charge in [-0.05, 0) is 45.1 Å². The van der Waals surface area contributed by atoms with Crippen LogP contribution >= 0.6 is 0 Å². The minimum atomic E-state index is 0.634. The molecule has 3 unspecified atom stereocenters. The fourth-order valence-electron chi connectivity index (χ4n) is 3.55. The van der Waals surface area contributed by atoms with Crippen molar-refractivity contribution in [2.45, 2.75) is 57.7 Å². The third-order valence-corrected chi connectivity index (χ3v) is 4.49. The van der Waals surface area contributed by atoms with Crippen LogP contribution in [-0.4, -0.2) is 28.4 Å². The topological polar surface area (TPSA) is 41.9 Å². The number of aromatic nitrogens is 2. The molecule has 3 rings (SSSR count). The predicted octanol–water partition coefficient (Wildman–Crippen LogP) is 2.24. The first-order chi connectivity index (χ1) is 8.86. The van der Waals surface area contributed by atoms with Crippen LogP contribution < -0.4 is 10.6 Å². The van der Waals surface area contributed by atoms with Gasteiger partial charge < -0.3 is 10.6 Å². The van der Waals surface area contributed by atoms with E-state index in [9.17, 15) is 0 Å². The van der Waals surface area contributed by atoms with Crippen LogP contribution in [0.2, 0.25) is 0 Å². The number of aryl methyl sites for hydroxylation is 1. The third-order valence-electron chi connectivity index (χ3n) is 4.49. The molecule has 2 N–H and O–H groups in total. The maximum atomic E-state index is 4.34. The van der Waals surface area contributed by atoms with Crippen molar-refractivity contribution in [3.8, 4) is 0 Å². The standard InChI is InChI=1S/C14H24N4/c1-2-18-10-11(9-16-18)17-14-6-3-5-12(14)13-7-4-8-15-13/h9-10,12-15,17H,2-8H2,1H3. The zero-order chi connectivity index (χ0) is 12.4. The molecule has 1 aliphatic heterocycles. The van der Waals surface area contributed by atoms with Crippen molar-refractivity contribution in [3.63, 3.8) is 0 Å². The highest BCUT2D eigenvalue weighted by Gasteiger charge is 2.34. The number of nitrogens with zero attached hydrogens (tertiary/aromatic N) is 2. The largest absolute Gasteiger partial charge is 0.379 e. The van der Waals surface area contributed by atoms with Crippen LogP contribution in [0.5, 0.6) is 0 Å². The van der Waals surface area contributed by atoms with E-state index in [1.807, 2.05) is 10.9 Å². The molecule has 2 heterocycles. The second kappa shape index (κ2) is 5.31. The van der Waals surface area contributed by atoms with Crippen LogP contribution in [0.15, 0.2) is 12.4 Å². The van der Waals surface area contributed by atoms with Crippen LogP contribution in [0.4, 0.5) is 5.69 Å². The Hall–Kier alpha value is -1.03. The van der Waals surface area contributed by atoms with Gasteiger partial charge in [0.15, 0.2) is 0 Å². The summed E-state index contributed by atoms with van der Waals surface area (Å²) in [6.45, 7) is 4.28. The van der Waals surface area contributed by atoms with E-state index < -0.39 is 0 Å². The molecule has 0 radical (unpaired) electrons. The van der Waals surface area contributed by atoms with Crippen LogP contribution in [0.1, 0.15) is 39.0 Å². The summed E-state index contributed by atoms with van der Waals surface area (Å²) in [7, 11) is 0. The predicted molar refractivity (Wildman–Crippen MR) is 73.7 cm³/mol. The van der Waals surface area contributed by atoms with Gasteiger partial charge >= 0.3 is 0 Å². The SMILES string of the molecule is CCn1cc(NC2CCCC2C2CCCN2)cn1. The number of hydrogen-bond donors (Lipinski definition) is 2. The van der Waals surface area contributed by atoms with Crippen LogP contribution in [-0.2, 0) is 6.54 Å². The summed E-state index contributed by atoms with van der Waals surface area (Å²) >= 11 is 0. The second-order valence-electron chi connectivity index (χ2n) is 5.63. The molecular weight excluding hydrogens is 224 g/mol. The molecule has 100 valence electrons. The summed E-state index contributed by atoms with van der Waals surface area (Å²) in [6, 6.07) is 1.38. The summed E-state index contributed by atoms with van der Waals surface area (Å²) < 4.78 is 1.99. The molecule has 1 aliphatic carbocycles. The van der Waals surface area contributed by atoms with E-state index in [1.54, 1.807) is 0 Å². The van der Waals surface area contributed by atoms with Gasteiger partial charge in [-0.25, -0.2) is 0 Å². The van der Waals surface area contributed by atoms with Crippen molar-refractivity contribution in [2.24, 2.45) is 5.92 Å². The Kier molecular flexibility index (Phi) is 3.55. The molecule has 0 bridgehead atoms. The van der Waals surface area contributed by atoms with E-state index in [0.717, 1.165) is 18.5 Å². The molecule has 4 nitrogen and oxygen atoms in total. The van der Waals surface area contributed by atoms with E-state index in [0.29, 0.717) is 6.04 Å². The minimum Gasteiger partial charge on any atom is -0.379 e. The summed E-state index contributed by atoms with van der Waals surface area (Å²) in [5.41, 5.74) is 1.19. The first-order valence-corrected chi connectivity index (χ1v) is 7.39. The number of nitrogens with one attached hydrogen (secondary N) is 2. The number of anilines is 1. The van der Waals surface area contributed by atoms with Gasteiger partial charge in [0.05, 0.1) is 11.9 Å². The number of rotatable bonds is 4. The Morgan fingerprint density at radius 2 is 2.33 bits per heavy atom. The van der Waals surface area contributed by atoms with Crippen LogP contribution in [0, 0.1) is 5.92 Å². The Balaban J connectivity index is 1.63. The summed E-state index contributed by atoms with van der Waals surface area (Å²) in [5, 5.41) is 11.7. The number of hydrogen-bond acceptors (Lipinski definition) is 3. The van der Waals surface area contributed by atoms with Crippen molar-refractivity contribution in [1.82, 2.24) is 15.1 Å². The van der Waals surface area contributed by atoms with Gasteiger partial charge in [-0.15, -0.1) is 0 Å². The van der Waals surface area contributed by atoms with E-state index in [-0.39, 0.29) is 0 Å². The summed E-state index contributed by atoms with van der Waals surface area (Å²) in [4.78, 5) is 0. The average molecular weight is 248 g/mol. The smallest absolute Gasteiger partial charge is 0.0728 e. The second-order valence-corrected chi connectivity index (χ2v) is 5.63. The molecule has 2 fully saturated rings. The highest BCUT2D eigenvalue weighted by Crippen LogP contribution is 2.33. The van der Waals surface area contributed by atoms with Gasteiger partial charge in [0, 0.05) is 24.8 Å². The lowest BCUT2D eigenvalue weighted by Gasteiger charge is -2.26. The Morgan fingerprint density at radius 3 is 3.06 bits per heavy atom. The molecule has 0 amide bonds. The molecule has 1 saturated carbocycles. The molecule has 2 aliphatic rings. The third kappa shape index (κ3) is 2.39. The molecule has 1 aromatic heterocycles. The van der Waals surface area contributed by atoms with Gasteiger partial charge in [0.1, 0.15) is 0 Å². The Labute approximate surface area is 109 Å². The highest BCUT2D eigenvalue weighted by atomic mass is 15.3. The zero-order valence-corrected chi connectivity index (χ0v) is 11.2. The molecule has 0 aromatic carbocycles. The zero-order valence-electron chi connectivity index (χ0n) is 11.2. The molecule has 1 saturated heterocycles. The van der Waals surface area contributed by atoms with Crippen LogP contribution in [0.3, 0.4) is 0 Å². The van der Waals surface area contributed by atoms with Crippen molar-refractivity contribution in [2.75, 3.05) is 11.9 Å². The quantitative estimate of drug-likeness (QED) is 0.858. The average Bonchev–Trinajstić information content (AvgIpc) is 3.09. The van der Waals surface area contributed by atoms with Crippen molar-refractivity contribution in [3.05, 3.63) is 12.4 Å². The first kappa shape index (κ1) is 12.0. The van der Waals surface area contributed by atoms with E-state index in [1.165, 1.54) is 44.3 Å². The highest BCUT2D eigenvalue weighted by molar-refractivity contribution is 5.40. The first-order valence-electron chi connectivity index (χ1n) is 7.39.